The van der Waals surface area contributed by atoms with Crippen molar-refractivity contribution in [3.63, 3.8) is 0 Å². The molecular formula is C15H19N3O3S2. The number of nitrogens with one attached hydrogen (secondary N) is 2. The first-order chi connectivity index (χ1) is 10.8. The number of carbonyl (C=O) groups excluding carboxylic acids is 1. The highest BCUT2D eigenvalue weighted by molar-refractivity contribution is 7.92. The molecule has 1 amide bonds. The summed E-state index contributed by atoms with van der Waals surface area (Å²) in [7, 11) is -3.52. The summed E-state index contributed by atoms with van der Waals surface area (Å²) in [6, 6.07) is 5.85. The quantitative estimate of drug-likeness (QED) is 0.877. The van der Waals surface area contributed by atoms with Crippen molar-refractivity contribution in [2.75, 3.05) is 24.7 Å². The molecule has 2 N–H and O–H groups in total. The van der Waals surface area contributed by atoms with Crippen LogP contribution in [0.4, 0.5) is 5.13 Å². The van der Waals surface area contributed by atoms with E-state index in [9.17, 15) is 13.2 Å². The highest BCUT2D eigenvalue weighted by Gasteiger charge is 2.48. The molecule has 0 saturated carbocycles. The third-order valence-corrected chi connectivity index (χ3v) is 7.25. The molecule has 0 aliphatic carbocycles. The molecule has 0 atom stereocenters. The van der Waals surface area contributed by atoms with Crippen LogP contribution in [-0.4, -0.2) is 43.4 Å². The van der Waals surface area contributed by atoms with Crippen molar-refractivity contribution in [1.29, 1.82) is 0 Å². The first kappa shape index (κ1) is 16.4. The van der Waals surface area contributed by atoms with Crippen LogP contribution in [0.3, 0.4) is 0 Å². The standard InChI is InChI=1S/C15H19N3O3S2/c1-10-3-4-11-12(9-10)22-14(17-11)18-13(19)15(23(2,20)21)5-7-16-8-6-15/h3-4,9,16H,5-8H2,1-2H3,(H,17,18,19). The molecular weight excluding hydrogens is 334 g/mol. The van der Waals surface area contributed by atoms with Crippen molar-refractivity contribution in [3.05, 3.63) is 23.8 Å². The molecule has 2 heterocycles. The number of carbonyl (C=O) groups is 1. The van der Waals surface area contributed by atoms with E-state index in [0.717, 1.165) is 22.0 Å². The van der Waals surface area contributed by atoms with Crippen molar-refractivity contribution >= 4 is 42.4 Å². The van der Waals surface area contributed by atoms with Gasteiger partial charge in [-0.2, -0.15) is 0 Å². The fourth-order valence-corrected chi connectivity index (χ4v) is 5.19. The molecule has 1 aromatic heterocycles. The molecule has 1 aliphatic rings. The second-order valence-electron chi connectivity index (χ2n) is 5.96. The number of piperidine rings is 1. The summed E-state index contributed by atoms with van der Waals surface area (Å²) in [4.78, 5) is 17.1. The van der Waals surface area contributed by atoms with Crippen LogP contribution in [0.25, 0.3) is 10.2 Å². The van der Waals surface area contributed by atoms with Gasteiger partial charge in [0.1, 0.15) is 0 Å². The van der Waals surface area contributed by atoms with Crippen molar-refractivity contribution in [2.24, 2.45) is 0 Å². The highest BCUT2D eigenvalue weighted by atomic mass is 32.2. The van der Waals surface area contributed by atoms with Gasteiger partial charge in [0.25, 0.3) is 0 Å². The van der Waals surface area contributed by atoms with Gasteiger partial charge < -0.3 is 10.6 Å². The summed E-state index contributed by atoms with van der Waals surface area (Å²) >= 11 is 1.36. The predicted octanol–water partition coefficient (Wildman–Crippen LogP) is 1.71. The first-order valence-electron chi connectivity index (χ1n) is 7.41. The van der Waals surface area contributed by atoms with Gasteiger partial charge >= 0.3 is 0 Å². The smallest absolute Gasteiger partial charge is 0.247 e. The Morgan fingerprint density at radius 2 is 2.04 bits per heavy atom. The number of fused-ring (bicyclic) bond motifs is 1. The van der Waals surface area contributed by atoms with Crippen molar-refractivity contribution < 1.29 is 13.2 Å². The topological polar surface area (TPSA) is 88.2 Å². The van der Waals surface area contributed by atoms with Gasteiger partial charge in [0, 0.05) is 6.26 Å². The average molecular weight is 353 g/mol. The molecule has 1 fully saturated rings. The minimum absolute atomic E-state index is 0.279. The summed E-state index contributed by atoms with van der Waals surface area (Å²) < 4.78 is 24.1. The lowest BCUT2D eigenvalue weighted by atomic mass is 9.96. The minimum Gasteiger partial charge on any atom is -0.317 e. The summed E-state index contributed by atoms with van der Waals surface area (Å²) in [5.74, 6) is -0.475. The van der Waals surface area contributed by atoms with Crippen molar-refractivity contribution in [1.82, 2.24) is 10.3 Å². The Hall–Kier alpha value is -1.51. The first-order valence-corrected chi connectivity index (χ1v) is 10.1. The predicted molar refractivity (Wildman–Crippen MR) is 92.7 cm³/mol. The fraction of sp³-hybridized carbons (Fsp3) is 0.467. The van der Waals surface area contributed by atoms with Crippen LogP contribution < -0.4 is 10.6 Å². The zero-order chi connectivity index (χ0) is 16.7. The maximum atomic E-state index is 12.7. The molecule has 3 rings (SSSR count). The number of benzene rings is 1. The Balaban J connectivity index is 1.91. The maximum Gasteiger partial charge on any atom is 0.247 e. The Morgan fingerprint density at radius 3 is 2.70 bits per heavy atom. The van der Waals surface area contributed by atoms with Gasteiger partial charge in [0.2, 0.25) is 5.91 Å². The number of aromatic nitrogens is 1. The molecule has 6 nitrogen and oxygen atoms in total. The molecule has 1 saturated heterocycles. The van der Waals surface area contributed by atoms with E-state index in [-0.39, 0.29) is 12.8 Å². The van der Waals surface area contributed by atoms with E-state index in [1.165, 1.54) is 11.3 Å². The van der Waals surface area contributed by atoms with Crippen molar-refractivity contribution in [3.8, 4) is 0 Å². The minimum atomic E-state index is -3.52. The third kappa shape index (κ3) is 2.98. The molecule has 1 aromatic carbocycles. The molecule has 0 unspecified atom stereocenters. The van der Waals surface area contributed by atoms with E-state index in [1.54, 1.807) is 0 Å². The number of anilines is 1. The normalized spacial score (nSPS) is 18.0. The zero-order valence-electron chi connectivity index (χ0n) is 13.0. The van der Waals surface area contributed by atoms with Crippen molar-refractivity contribution in [2.45, 2.75) is 24.5 Å². The van der Waals surface area contributed by atoms with E-state index in [2.05, 4.69) is 15.6 Å². The number of hydrogen-bond acceptors (Lipinski definition) is 6. The summed E-state index contributed by atoms with van der Waals surface area (Å²) in [5, 5.41) is 6.27. The number of nitrogens with zero attached hydrogens (tertiary/aromatic N) is 1. The fourth-order valence-electron chi connectivity index (χ4n) is 2.89. The van der Waals surface area contributed by atoms with Crippen LogP contribution in [0.15, 0.2) is 18.2 Å². The molecule has 23 heavy (non-hydrogen) atoms. The molecule has 8 heteroatoms. The van der Waals surface area contributed by atoms with Gasteiger partial charge in [0.15, 0.2) is 19.7 Å². The summed E-state index contributed by atoms with van der Waals surface area (Å²) in [5.41, 5.74) is 1.92. The molecule has 124 valence electrons. The van der Waals surface area contributed by atoms with Crippen LogP contribution in [0, 0.1) is 6.92 Å². The number of hydrogen-bond donors (Lipinski definition) is 2. The van der Waals surface area contributed by atoms with Gasteiger partial charge in [-0.15, -0.1) is 0 Å². The van der Waals surface area contributed by atoms with Gasteiger partial charge in [-0.25, -0.2) is 13.4 Å². The SMILES string of the molecule is Cc1ccc2nc(NC(=O)C3(S(C)(=O)=O)CCNCC3)sc2c1. The average Bonchev–Trinajstić information content (AvgIpc) is 2.88. The number of rotatable bonds is 3. The van der Waals surface area contributed by atoms with Crippen LogP contribution in [0.2, 0.25) is 0 Å². The Kier molecular flexibility index (Phi) is 4.16. The largest absolute Gasteiger partial charge is 0.317 e. The summed E-state index contributed by atoms with van der Waals surface area (Å²) in [6.45, 7) is 3.02. The van der Waals surface area contributed by atoms with Gasteiger partial charge in [0.05, 0.1) is 10.2 Å². The highest BCUT2D eigenvalue weighted by Crippen LogP contribution is 2.32. The lowest BCUT2D eigenvalue weighted by Gasteiger charge is -2.33. The Morgan fingerprint density at radius 1 is 1.35 bits per heavy atom. The lowest BCUT2D eigenvalue weighted by Crippen LogP contribution is -2.55. The number of thiazole rings is 1. The van der Waals surface area contributed by atoms with E-state index in [1.807, 2.05) is 25.1 Å². The maximum absolute atomic E-state index is 12.7. The van der Waals surface area contributed by atoms with Gasteiger partial charge in [-0.1, -0.05) is 17.4 Å². The monoisotopic (exact) mass is 353 g/mol. The van der Waals surface area contributed by atoms with Crippen LogP contribution in [0.5, 0.6) is 0 Å². The second kappa shape index (κ2) is 5.85. The Labute approximate surface area is 139 Å². The van der Waals surface area contributed by atoms with Crippen LogP contribution in [0.1, 0.15) is 18.4 Å². The van der Waals surface area contributed by atoms with E-state index < -0.39 is 20.5 Å². The molecule has 0 bridgehead atoms. The van der Waals surface area contributed by atoms with E-state index in [0.29, 0.717) is 18.2 Å². The van der Waals surface area contributed by atoms with Crippen LogP contribution in [-0.2, 0) is 14.6 Å². The number of sulfone groups is 1. The molecule has 1 aliphatic heterocycles. The summed E-state index contributed by atoms with van der Waals surface area (Å²) in [6.07, 6.45) is 1.70. The van der Waals surface area contributed by atoms with Gasteiger partial charge in [-0.05, 0) is 50.6 Å². The zero-order valence-corrected chi connectivity index (χ0v) is 14.7. The van der Waals surface area contributed by atoms with E-state index in [4.69, 9.17) is 0 Å². The number of amides is 1. The second-order valence-corrected chi connectivity index (χ2v) is 9.32. The molecule has 2 aromatic rings. The lowest BCUT2D eigenvalue weighted by molar-refractivity contribution is -0.119. The molecule has 0 radical (unpaired) electrons. The van der Waals surface area contributed by atoms with Gasteiger partial charge in [-0.3, -0.25) is 4.79 Å². The van der Waals surface area contributed by atoms with E-state index >= 15 is 0 Å². The third-order valence-electron chi connectivity index (χ3n) is 4.30. The number of aryl methyl sites for hydroxylation is 1. The molecule has 0 spiro atoms. The Bertz CT molecular complexity index is 852. The van der Waals surface area contributed by atoms with Crippen LogP contribution >= 0.6 is 11.3 Å².